The smallest absolute Gasteiger partial charge is 0.127 e. The number of rotatable bonds is 3. The lowest BCUT2D eigenvalue weighted by atomic mass is 9.85. The van der Waals surface area contributed by atoms with Crippen molar-refractivity contribution in [2.24, 2.45) is 4.99 Å². The quantitative estimate of drug-likeness (QED) is 0.776. The number of hydrogen-bond acceptors (Lipinski definition) is 4. The van der Waals surface area contributed by atoms with Crippen molar-refractivity contribution < 1.29 is 0 Å². The van der Waals surface area contributed by atoms with Crippen LogP contribution in [-0.4, -0.2) is 43.0 Å². The minimum Gasteiger partial charge on any atom is -0.372 e. The largest absolute Gasteiger partial charge is 0.372 e. The second-order valence-corrected chi connectivity index (χ2v) is 9.60. The van der Waals surface area contributed by atoms with Gasteiger partial charge in [0.1, 0.15) is 5.84 Å². The highest BCUT2D eigenvalue weighted by Crippen LogP contribution is 2.42. The predicted octanol–water partition coefficient (Wildman–Crippen LogP) is 5.01. The Morgan fingerprint density at radius 2 is 1.72 bits per heavy atom. The lowest BCUT2D eigenvalue weighted by Crippen LogP contribution is -2.60. The van der Waals surface area contributed by atoms with Crippen LogP contribution in [0, 0.1) is 0 Å². The first-order valence-corrected chi connectivity index (χ1v) is 12.0. The Balaban J connectivity index is 1.41. The van der Waals surface area contributed by atoms with Crippen LogP contribution in [0.1, 0.15) is 31.2 Å². The van der Waals surface area contributed by atoms with E-state index in [1.165, 1.54) is 60.1 Å². The number of anilines is 3. The molecule has 0 aromatic heterocycles. The number of thioether (sulfide) groups is 1. The lowest BCUT2D eigenvalue weighted by molar-refractivity contribution is 0.488. The number of likely N-dealkylation sites (N-methyl/N-ethyl adjacent to an activating group) is 1. The molecule has 0 atom stereocenters. The van der Waals surface area contributed by atoms with Gasteiger partial charge in [-0.25, -0.2) is 0 Å². The van der Waals surface area contributed by atoms with Crippen LogP contribution in [0.3, 0.4) is 0 Å². The van der Waals surface area contributed by atoms with Crippen molar-refractivity contribution in [3.05, 3.63) is 54.1 Å². The Morgan fingerprint density at radius 1 is 1.00 bits per heavy atom. The molecule has 2 saturated heterocycles. The van der Waals surface area contributed by atoms with E-state index in [1.807, 2.05) is 0 Å². The fourth-order valence-electron chi connectivity index (χ4n) is 4.93. The van der Waals surface area contributed by atoms with E-state index in [1.54, 1.807) is 0 Å². The Labute approximate surface area is 178 Å². The molecule has 2 aromatic rings. The maximum atomic E-state index is 5.15. The summed E-state index contributed by atoms with van der Waals surface area (Å²) < 4.78 is 0. The third-order valence-electron chi connectivity index (χ3n) is 6.75. The summed E-state index contributed by atoms with van der Waals surface area (Å²) in [6.07, 6.45) is 4.91. The highest BCUT2D eigenvalue weighted by molar-refractivity contribution is 7.99. The number of nitrogens with one attached hydrogen (secondary N) is 1. The molecule has 152 valence electrons. The van der Waals surface area contributed by atoms with Gasteiger partial charge < -0.3 is 15.1 Å². The van der Waals surface area contributed by atoms with Crippen molar-refractivity contribution in [3.8, 4) is 0 Å². The van der Waals surface area contributed by atoms with Gasteiger partial charge in [-0.3, -0.25) is 4.99 Å². The molecule has 5 rings (SSSR count). The number of para-hydroxylation sites is 2. The molecule has 0 aliphatic carbocycles. The monoisotopic (exact) mass is 406 g/mol. The molecule has 5 heteroatoms. The van der Waals surface area contributed by atoms with Crippen LogP contribution < -0.4 is 15.1 Å². The zero-order chi connectivity index (χ0) is 19.7. The summed E-state index contributed by atoms with van der Waals surface area (Å²) in [7, 11) is 2.25. The summed E-state index contributed by atoms with van der Waals surface area (Å²) in [5.74, 6) is 3.53. The summed E-state index contributed by atoms with van der Waals surface area (Å²) >= 11 is 2.06. The third-order valence-corrected chi connectivity index (χ3v) is 7.73. The second-order valence-electron chi connectivity index (χ2n) is 8.37. The van der Waals surface area contributed by atoms with Crippen molar-refractivity contribution in [1.82, 2.24) is 0 Å². The molecule has 0 unspecified atom stereocenters. The van der Waals surface area contributed by atoms with Crippen molar-refractivity contribution in [3.63, 3.8) is 0 Å². The first-order chi connectivity index (χ1) is 14.3. The molecule has 0 saturated carbocycles. The van der Waals surface area contributed by atoms with Gasteiger partial charge in [0.05, 0.1) is 23.5 Å². The first kappa shape index (κ1) is 18.9. The summed E-state index contributed by atoms with van der Waals surface area (Å²) in [6.45, 7) is 3.11. The van der Waals surface area contributed by atoms with Gasteiger partial charge in [0.2, 0.25) is 0 Å². The van der Waals surface area contributed by atoms with Gasteiger partial charge in [-0.1, -0.05) is 24.3 Å². The van der Waals surface area contributed by atoms with E-state index in [0.29, 0.717) is 0 Å². The Bertz CT molecular complexity index is 880. The van der Waals surface area contributed by atoms with Crippen LogP contribution in [0.25, 0.3) is 0 Å². The molecule has 3 aliphatic heterocycles. The topological polar surface area (TPSA) is 30.9 Å². The number of fused-ring (bicyclic) bond motifs is 1. The summed E-state index contributed by atoms with van der Waals surface area (Å²) in [5.41, 5.74) is 5.08. The van der Waals surface area contributed by atoms with Crippen LogP contribution in [0.5, 0.6) is 0 Å². The highest BCUT2D eigenvalue weighted by atomic mass is 32.2. The van der Waals surface area contributed by atoms with Crippen molar-refractivity contribution in [2.45, 2.75) is 37.8 Å². The molecule has 0 bridgehead atoms. The van der Waals surface area contributed by atoms with Crippen LogP contribution in [0.2, 0.25) is 0 Å². The molecule has 2 aromatic carbocycles. The first-order valence-electron chi connectivity index (χ1n) is 10.8. The second kappa shape index (κ2) is 7.94. The fraction of sp³-hybridized carbons (Fsp3) is 0.458. The zero-order valence-corrected chi connectivity index (χ0v) is 18.0. The van der Waals surface area contributed by atoms with E-state index in [-0.39, 0.29) is 5.54 Å². The number of nitrogens with zero attached hydrogens (tertiary/aromatic N) is 3. The molecular formula is C24H30N4S. The van der Waals surface area contributed by atoms with Crippen molar-refractivity contribution in [2.75, 3.05) is 46.8 Å². The van der Waals surface area contributed by atoms with Gasteiger partial charge >= 0.3 is 0 Å². The molecule has 3 aliphatic rings. The van der Waals surface area contributed by atoms with Crippen LogP contribution in [0.15, 0.2) is 53.5 Å². The molecule has 3 heterocycles. The van der Waals surface area contributed by atoms with E-state index in [0.717, 1.165) is 25.2 Å². The van der Waals surface area contributed by atoms with E-state index in [2.05, 4.69) is 82.5 Å². The zero-order valence-electron chi connectivity index (χ0n) is 17.2. The Hall–Kier alpha value is -2.14. The molecule has 29 heavy (non-hydrogen) atoms. The Morgan fingerprint density at radius 3 is 2.48 bits per heavy atom. The third kappa shape index (κ3) is 3.50. The van der Waals surface area contributed by atoms with Crippen molar-refractivity contribution >= 4 is 34.7 Å². The normalized spacial score (nSPS) is 22.0. The lowest BCUT2D eigenvalue weighted by Gasteiger charge is -2.50. The minimum absolute atomic E-state index is 0.00487. The van der Waals surface area contributed by atoms with E-state index >= 15 is 0 Å². The standard InChI is InChI=1S/C24H30N4S/c1-27-22-7-3-2-6-21(22)26-23(24(27)12-16-29-17-13-24)25-18-19-8-10-20(11-9-19)28-14-4-5-15-28/h2-3,6-11H,4-5,12-18H2,1H3,(H,25,26). The molecule has 4 nitrogen and oxygen atoms in total. The number of benzene rings is 2. The fourth-order valence-corrected chi connectivity index (χ4v) is 6.10. The SMILES string of the molecule is CN1c2ccccc2NC(=NCc2ccc(N3CCCC3)cc2)C12CCSCC2. The maximum absolute atomic E-state index is 5.15. The van der Waals surface area contributed by atoms with E-state index < -0.39 is 0 Å². The number of hydrogen-bond donors (Lipinski definition) is 1. The summed E-state index contributed by atoms with van der Waals surface area (Å²) in [5, 5.41) is 3.71. The predicted molar refractivity (Wildman–Crippen MR) is 127 cm³/mol. The van der Waals surface area contributed by atoms with E-state index in [4.69, 9.17) is 4.99 Å². The Kier molecular flexibility index (Phi) is 5.17. The highest BCUT2D eigenvalue weighted by Gasteiger charge is 2.45. The summed E-state index contributed by atoms with van der Waals surface area (Å²) in [6, 6.07) is 17.7. The minimum atomic E-state index is -0.00487. The van der Waals surface area contributed by atoms with Gasteiger partial charge in [-0.2, -0.15) is 11.8 Å². The molecular weight excluding hydrogens is 376 g/mol. The average molecular weight is 407 g/mol. The average Bonchev–Trinajstić information content (AvgIpc) is 3.32. The van der Waals surface area contributed by atoms with Gasteiger partial charge in [0.25, 0.3) is 0 Å². The van der Waals surface area contributed by atoms with Gasteiger partial charge in [0, 0.05) is 25.8 Å². The van der Waals surface area contributed by atoms with E-state index in [9.17, 15) is 0 Å². The molecule has 0 radical (unpaired) electrons. The van der Waals surface area contributed by atoms with Crippen LogP contribution in [0.4, 0.5) is 17.1 Å². The molecule has 2 fully saturated rings. The number of aliphatic imine (C=N–C) groups is 1. The maximum Gasteiger partial charge on any atom is 0.127 e. The molecule has 1 N–H and O–H groups in total. The summed E-state index contributed by atoms with van der Waals surface area (Å²) in [4.78, 5) is 10.1. The van der Waals surface area contributed by atoms with Crippen LogP contribution >= 0.6 is 11.8 Å². The molecule has 0 amide bonds. The van der Waals surface area contributed by atoms with Gasteiger partial charge in [-0.05, 0) is 67.0 Å². The number of amidine groups is 1. The van der Waals surface area contributed by atoms with Crippen LogP contribution in [-0.2, 0) is 6.54 Å². The molecule has 1 spiro atoms. The van der Waals surface area contributed by atoms with Gasteiger partial charge in [-0.15, -0.1) is 0 Å². The van der Waals surface area contributed by atoms with Gasteiger partial charge in [0.15, 0.2) is 0 Å². The van der Waals surface area contributed by atoms with Crippen molar-refractivity contribution in [1.29, 1.82) is 0 Å².